The number of aryl methyl sites for hydroxylation is 2. The van der Waals surface area contributed by atoms with Crippen LogP contribution < -0.4 is 11.0 Å². The van der Waals surface area contributed by atoms with Gasteiger partial charge in [-0.15, -0.1) is 0 Å². The van der Waals surface area contributed by atoms with Crippen LogP contribution in [-0.2, 0) is 11.3 Å². The first-order valence-corrected chi connectivity index (χ1v) is 8.59. The predicted octanol–water partition coefficient (Wildman–Crippen LogP) is 3.05. The van der Waals surface area contributed by atoms with Gasteiger partial charge in [-0.2, -0.15) is 0 Å². The van der Waals surface area contributed by atoms with Crippen LogP contribution in [0.4, 0.5) is 0 Å². The average Bonchev–Trinajstić information content (AvgIpc) is 3.02. The molecule has 0 saturated heterocycles. The van der Waals surface area contributed by atoms with Gasteiger partial charge < -0.3 is 15.1 Å². The van der Waals surface area contributed by atoms with Crippen LogP contribution >= 0.6 is 0 Å². The van der Waals surface area contributed by atoms with Crippen LogP contribution in [0.25, 0.3) is 11.3 Å². The lowest BCUT2D eigenvalue weighted by Gasteiger charge is -2.15. The van der Waals surface area contributed by atoms with E-state index in [4.69, 9.17) is 4.52 Å². The third-order valence-electron chi connectivity index (χ3n) is 4.60. The molecule has 0 spiro atoms. The Hall–Kier alpha value is -3.35. The number of carboxylic acid groups (broad SMARTS) is 1. The van der Waals surface area contributed by atoms with Crippen molar-refractivity contribution in [2.75, 3.05) is 5.43 Å². The second kappa shape index (κ2) is 7.49. The van der Waals surface area contributed by atoms with Crippen LogP contribution in [0.2, 0.25) is 0 Å². The van der Waals surface area contributed by atoms with E-state index in [1.807, 2.05) is 37.3 Å². The van der Waals surface area contributed by atoms with Crippen LogP contribution in [0, 0.1) is 13.8 Å². The van der Waals surface area contributed by atoms with Gasteiger partial charge in [0.1, 0.15) is 0 Å². The highest BCUT2D eigenvalue weighted by Gasteiger charge is 2.21. The molecule has 3 rings (SSSR count). The summed E-state index contributed by atoms with van der Waals surface area (Å²) >= 11 is 0. The molecule has 140 valence electrons. The molecule has 3 aromatic rings. The van der Waals surface area contributed by atoms with E-state index >= 15 is 0 Å². The number of rotatable bonds is 6. The third-order valence-corrected chi connectivity index (χ3v) is 4.60. The van der Waals surface area contributed by atoms with Crippen molar-refractivity contribution in [3.05, 3.63) is 75.3 Å². The topological polar surface area (TPSA) is 97.4 Å². The second-order valence-corrected chi connectivity index (χ2v) is 6.42. The number of nitrogens with one attached hydrogen (secondary N) is 1. The van der Waals surface area contributed by atoms with E-state index in [0.29, 0.717) is 17.9 Å². The van der Waals surface area contributed by atoms with E-state index in [-0.39, 0.29) is 11.1 Å². The van der Waals surface area contributed by atoms with Crippen molar-refractivity contribution in [1.29, 1.82) is 0 Å². The van der Waals surface area contributed by atoms with Gasteiger partial charge >= 0.3 is 5.97 Å². The predicted molar refractivity (Wildman–Crippen MR) is 101 cm³/mol. The number of carboxylic acids is 1. The average molecular weight is 367 g/mol. The Bertz CT molecular complexity index is 1020. The maximum absolute atomic E-state index is 12.7. The zero-order valence-electron chi connectivity index (χ0n) is 15.4. The van der Waals surface area contributed by atoms with Gasteiger partial charge in [-0.1, -0.05) is 35.5 Å². The number of nitrogens with zero attached hydrogens (tertiary/aromatic N) is 2. The summed E-state index contributed by atoms with van der Waals surface area (Å²) < 4.78 is 6.77. The first-order valence-electron chi connectivity index (χ1n) is 8.59. The maximum Gasteiger partial charge on any atom is 0.310 e. The highest BCUT2D eigenvalue weighted by Crippen LogP contribution is 2.26. The van der Waals surface area contributed by atoms with E-state index in [9.17, 15) is 14.7 Å². The molecule has 1 aromatic carbocycles. The van der Waals surface area contributed by atoms with Crippen molar-refractivity contribution in [2.45, 2.75) is 33.2 Å². The number of pyridine rings is 1. The molecule has 2 heterocycles. The molecule has 7 heteroatoms. The monoisotopic (exact) mass is 367 g/mol. The summed E-state index contributed by atoms with van der Waals surface area (Å²) in [5.41, 5.74) is 6.03. The molecule has 2 aromatic heterocycles. The molecule has 27 heavy (non-hydrogen) atoms. The molecule has 0 aliphatic heterocycles. The van der Waals surface area contributed by atoms with Crippen molar-refractivity contribution in [2.24, 2.45) is 0 Å². The molecule has 0 bridgehead atoms. The Balaban J connectivity index is 1.91. The Morgan fingerprint density at radius 1 is 1.26 bits per heavy atom. The van der Waals surface area contributed by atoms with Crippen LogP contribution in [0.5, 0.6) is 0 Å². The largest absolute Gasteiger partial charge is 0.481 e. The summed E-state index contributed by atoms with van der Waals surface area (Å²) in [6.45, 7) is 5.39. The fourth-order valence-corrected chi connectivity index (χ4v) is 2.99. The molecule has 2 N–H and O–H groups in total. The quantitative estimate of drug-likeness (QED) is 0.695. The van der Waals surface area contributed by atoms with E-state index < -0.39 is 11.9 Å². The summed E-state index contributed by atoms with van der Waals surface area (Å²) in [6, 6.07) is 11.3. The second-order valence-electron chi connectivity index (χ2n) is 6.42. The van der Waals surface area contributed by atoms with Crippen molar-refractivity contribution >= 4 is 5.97 Å². The van der Waals surface area contributed by atoms with Gasteiger partial charge in [-0.3, -0.25) is 9.59 Å². The van der Waals surface area contributed by atoms with Gasteiger partial charge in [0.2, 0.25) is 0 Å². The van der Waals surface area contributed by atoms with E-state index in [1.165, 1.54) is 11.6 Å². The highest BCUT2D eigenvalue weighted by atomic mass is 16.5. The molecule has 0 radical (unpaired) electrons. The van der Waals surface area contributed by atoms with Crippen LogP contribution in [0.3, 0.4) is 0 Å². The van der Waals surface area contributed by atoms with E-state index in [2.05, 4.69) is 10.6 Å². The molecular formula is C20H21N3O4. The van der Waals surface area contributed by atoms with Crippen LogP contribution in [0.15, 0.2) is 51.9 Å². The fourth-order valence-electron chi connectivity index (χ4n) is 2.99. The molecule has 0 aliphatic carbocycles. The minimum atomic E-state index is -1.03. The van der Waals surface area contributed by atoms with E-state index in [0.717, 1.165) is 16.8 Å². The zero-order chi connectivity index (χ0) is 19.6. The van der Waals surface area contributed by atoms with Crippen molar-refractivity contribution in [1.82, 2.24) is 9.83 Å². The first-order chi connectivity index (χ1) is 12.9. The smallest absolute Gasteiger partial charge is 0.310 e. The van der Waals surface area contributed by atoms with Gasteiger partial charge in [0.25, 0.3) is 5.56 Å². The number of carbonyl (C=O) groups is 1. The van der Waals surface area contributed by atoms with Crippen molar-refractivity contribution in [3.63, 3.8) is 0 Å². The number of benzene rings is 1. The Morgan fingerprint density at radius 2 is 1.96 bits per heavy atom. The summed E-state index contributed by atoms with van der Waals surface area (Å²) in [7, 11) is 0. The van der Waals surface area contributed by atoms with Crippen LogP contribution in [0.1, 0.15) is 35.2 Å². The summed E-state index contributed by atoms with van der Waals surface area (Å²) in [4.78, 5) is 24.1. The molecule has 1 unspecified atom stereocenters. The lowest BCUT2D eigenvalue weighted by Crippen LogP contribution is -2.33. The number of hydrogen-bond acceptors (Lipinski definition) is 5. The Kier molecular flexibility index (Phi) is 5.12. The summed E-state index contributed by atoms with van der Waals surface area (Å²) in [6.07, 6.45) is 1.60. The minimum Gasteiger partial charge on any atom is -0.481 e. The lowest BCUT2D eigenvalue weighted by atomic mass is 9.99. The molecule has 7 nitrogen and oxygen atoms in total. The van der Waals surface area contributed by atoms with Crippen molar-refractivity contribution in [3.8, 4) is 11.3 Å². The summed E-state index contributed by atoms with van der Waals surface area (Å²) in [5, 5.41) is 13.3. The number of aliphatic carboxylic acids is 1. The highest BCUT2D eigenvalue weighted by molar-refractivity contribution is 5.75. The Morgan fingerprint density at radius 3 is 2.63 bits per heavy atom. The van der Waals surface area contributed by atoms with Gasteiger partial charge in [0, 0.05) is 22.9 Å². The van der Waals surface area contributed by atoms with Crippen molar-refractivity contribution < 1.29 is 14.4 Å². The summed E-state index contributed by atoms with van der Waals surface area (Å²) in [5.74, 6) is -1.28. The van der Waals surface area contributed by atoms with Gasteiger partial charge in [-0.05, 0) is 32.4 Å². The molecule has 0 fully saturated rings. The molecular weight excluding hydrogens is 346 g/mol. The normalized spacial score (nSPS) is 12.0. The fraction of sp³-hybridized carbons (Fsp3) is 0.250. The molecule has 0 saturated carbocycles. The van der Waals surface area contributed by atoms with Gasteiger partial charge in [0.15, 0.2) is 5.76 Å². The maximum atomic E-state index is 12.7. The number of aromatic nitrogens is 2. The van der Waals surface area contributed by atoms with Crippen LogP contribution in [-0.4, -0.2) is 20.9 Å². The first kappa shape index (κ1) is 18.4. The van der Waals surface area contributed by atoms with Gasteiger partial charge in [-0.25, -0.2) is 4.68 Å². The Labute approximate surface area is 156 Å². The standard InChI is InChI=1S/C20H21N3O4/c1-12-9-10-23(19(24)17(12)13(2)20(25)26)21-11-16-14(3)22-27-18(16)15-7-5-4-6-8-15/h4-10,13,21H,11H2,1-3H3,(H,25,26). The zero-order valence-corrected chi connectivity index (χ0v) is 15.4. The third kappa shape index (κ3) is 3.62. The van der Waals surface area contributed by atoms with E-state index in [1.54, 1.807) is 19.2 Å². The number of hydrogen-bond donors (Lipinski definition) is 2. The molecule has 1 atom stereocenters. The SMILES string of the molecule is Cc1ccn(NCc2c(C)noc2-c2ccccc2)c(=O)c1C(C)C(=O)O. The minimum absolute atomic E-state index is 0.267. The van der Waals surface area contributed by atoms with Gasteiger partial charge in [0.05, 0.1) is 18.2 Å². The lowest BCUT2D eigenvalue weighted by molar-refractivity contribution is -0.138. The molecule has 0 aliphatic rings. The molecule has 0 amide bonds.